The van der Waals surface area contributed by atoms with E-state index in [9.17, 15) is 0 Å². The molecule has 35 heavy (non-hydrogen) atoms. The van der Waals surface area contributed by atoms with Crippen molar-refractivity contribution < 1.29 is 0 Å². The van der Waals surface area contributed by atoms with Crippen LogP contribution in [-0.4, -0.2) is 27.2 Å². The van der Waals surface area contributed by atoms with Gasteiger partial charge in [0, 0.05) is 40.0 Å². The van der Waals surface area contributed by atoms with Crippen LogP contribution < -0.4 is 10.6 Å². The van der Waals surface area contributed by atoms with Crippen LogP contribution in [0.3, 0.4) is 0 Å². The number of rotatable bonds is 6. The van der Waals surface area contributed by atoms with Gasteiger partial charge in [0.25, 0.3) is 0 Å². The summed E-state index contributed by atoms with van der Waals surface area (Å²) in [6.45, 7) is 1.98. The average molecular weight is 461 g/mol. The van der Waals surface area contributed by atoms with Crippen molar-refractivity contribution in [2.75, 3.05) is 12.4 Å². The normalized spacial score (nSPS) is 14.6. The SMILES string of the molecule is CNC1(c2ccc(-c3nc4ccnc(Nc5cc(C)[nH]n5)c4cc3-c3ccccc3)cc2)CCC1. The Balaban J connectivity index is 1.48. The Morgan fingerprint density at radius 3 is 2.37 bits per heavy atom. The maximum Gasteiger partial charge on any atom is 0.153 e. The molecular formula is C29H28N6. The van der Waals surface area contributed by atoms with E-state index in [0.29, 0.717) is 0 Å². The number of aromatic amines is 1. The van der Waals surface area contributed by atoms with E-state index in [0.717, 1.165) is 50.6 Å². The molecule has 5 aromatic rings. The van der Waals surface area contributed by atoms with E-state index >= 15 is 0 Å². The van der Waals surface area contributed by atoms with Crippen LogP contribution in [0.2, 0.25) is 0 Å². The fourth-order valence-corrected chi connectivity index (χ4v) is 5.02. The van der Waals surface area contributed by atoms with Crippen molar-refractivity contribution in [1.29, 1.82) is 0 Å². The first-order chi connectivity index (χ1) is 17.1. The predicted molar refractivity (Wildman–Crippen MR) is 142 cm³/mol. The van der Waals surface area contributed by atoms with Crippen molar-refractivity contribution in [3.05, 3.63) is 90.3 Å². The molecule has 3 N–H and O–H groups in total. The Morgan fingerprint density at radius 2 is 1.71 bits per heavy atom. The zero-order valence-corrected chi connectivity index (χ0v) is 20.0. The Bertz CT molecular complexity index is 1480. The number of nitrogens with zero attached hydrogens (tertiary/aromatic N) is 3. The fraction of sp³-hybridized carbons (Fsp3) is 0.207. The molecule has 6 nitrogen and oxygen atoms in total. The Morgan fingerprint density at radius 1 is 0.914 bits per heavy atom. The van der Waals surface area contributed by atoms with Crippen LogP contribution in [0.1, 0.15) is 30.5 Å². The molecule has 1 aliphatic carbocycles. The molecule has 1 aliphatic rings. The van der Waals surface area contributed by atoms with Crippen LogP contribution in [0.25, 0.3) is 33.3 Å². The van der Waals surface area contributed by atoms with E-state index < -0.39 is 0 Å². The number of hydrogen-bond donors (Lipinski definition) is 3. The molecule has 1 saturated carbocycles. The third kappa shape index (κ3) is 3.86. The van der Waals surface area contributed by atoms with E-state index in [1.807, 2.05) is 25.1 Å². The summed E-state index contributed by atoms with van der Waals surface area (Å²) >= 11 is 0. The van der Waals surface area contributed by atoms with Crippen molar-refractivity contribution in [2.45, 2.75) is 31.7 Å². The number of H-pyrrole nitrogens is 1. The predicted octanol–water partition coefficient (Wildman–Crippen LogP) is 6.34. The summed E-state index contributed by atoms with van der Waals surface area (Å²) in [4.78, 5) is 9.75. The smallest absolute Gasteiger partial charge is 0.153 e. The van der Waals surface area contributed by atoms with Gasteiger partial charge >= 0.3 is 0 Å². The molecule has 6 heteroatoms. The van der Waals surface area contributed by atoms with Crippen LogP contribution in [0.5, 0.6) is 0 Å². The Hall–Kier alpha value is -4.03. The Kier molecular flexibility index (Phi) is 5.30. The Labute approximate surface area is 204 Å². The summed E-state index contributed by atoms with van der Waals surface area (Å²) < 4.78 is 0. The van der Waals surface area contributed by atoms with E-state index in [2.05, 4.69) is 87.5 Å². The molecule has 0 unspecified atom stereocenters. The number of nitrogens with one attached hydrogen (secondary N) is 3. The highest BCUT2D eigenvalue weighted by Gasteiger charge is 2.36. The van der Waals surface area contributed by atoms with Gasteiger partial charge in [-0.2, -0.15) is 5.10 Å². The molecule has 0 atom stereocenters. The maximum atomic E-state index is 5.15. The monoisotopic (exact) mass is 460 g/mol. The third-order valence-electron chi connectivity index (χ3n) is 7.18. The molecule has 0 spiro atoms. The topological polar surface area (TPSA) is 78.5 Å². The summed E-state index contributed by atoms with van der Waals surface area (Å²) in [5.74, 6) is 1.47. The van der Waals surface area contributed by atoms with Crippen LogP contribution in [0.4, 0.5) is 11.6 Å². The fourth-order valence-electron chi connectivity index (χ4n) is 5.02. The van der Waals surface area contributed by atoms with Gasteiger partial charge in [0.15, 0.2) is 5.82 Å². The van der Waals surface area contributed by atoms with Gasteiger partial charge in [0.1, 0.15) is 5.82 Å². The van der Waals surface area contributed by atoms with Crippen molar-refractivity contribution in [1.82, 2.24) is 25.5 Å². The van der Waals surface area contributed by atoms with Crippen molar-refractivity contribution in [3.63, 3.8) is 0 Å². The van der Waals surface area contributed by atoms with Crippen LogP contribution >= 0.6 is 0 Å². The van der Waals surface area contributed by atoms with Gasteiger partial charge in [0.05, 0.1) is 11.2 Å². The molecule has 3 heterocycles. The van der Waals surface area contributed by atoms with Crippen molar-refractivity contribution in [2.24, 2.45) is 0 Å². The number of benzene rings is 2. The lowest BCUT2D eigenvalue weighted by molar-refractivity contribution is 0.201. The molecule has 3 aromatic heterocycles. The first-order valence-electron chi connectivity index (χ1n) is 12.1. The largest absolute Gasteiger partial charge is 0.323 e. The highest BCUT2D eigenvalue weighted by molar-refractivity contribution is 5.97. The second kappa shape index (κ2) is 8.64. The summed E-state index contributed by atoms with van der Waals surface area (Å²) in [7, 11) is 2.06. The molecular weight excluding hydrogens is 432 g/mol. The minimum Gasteiger partial charge on any atom is -0.323 e. The van der Waals surface area contributed by atoms with Crippen LogP contribution in [0.15, 0.2) is 79.0 Å². The summed E-state index contributed by atoms with van der Waals surface area (Å²) in [6, 6.07) is 25.5. The average Bonchev–Trinajstić information content (AvgIpc) is 3.28. The summed E-state index contributed by atoms with van der Waals surface area (Å²) in [6.07, 6.45) is 5.43. The lowest BCUT2D eigenvalue weighted by atomic mass is 9.72. The van der Waals surface area contributed by atoms with Crippen LogP contribution in [0, 0.1) is 6.92 Å². The van der Waals surface area contributed by atoms with Gasteiger partial charge in [-0.1, -0.05) is 54.6 Å². The number of pyridine rings is 2. The number of hydrogen-bond acceptors (Lipinski definition) is 5. The molecule has 0 bridgehead atoms. The number of fused-ring (bicyclic) bond motifs is 1. The highest BCUT2D eigenvalue weighted by Crippen LogP contribution is 2.42. The molecule has 0 aliphatic heterocycles. The molecule has 0 radical (unpaired) electrons. The molecule has 1 fully saturated rings. The van der Waals surface area contributed by atoms with Gasteiger partial charge in [-0.25, -0.2) is 9.97 Å². The second-order valence-electron chi connectivity index (χ2n) is 9.30. The summed E-state index contributed by atoms with van der Waals surface area (Å²) in [5.41, 5.74) is 7.62. The van der Waals surface area contributed by atoms with E-state index in [1.165, 1.54) is 24.8 Å². The molecule has 0 saturated heterocycles. The lowest BCUT2D eigenvalue weighted by Crippen LogP contribution is -2.45. The third-order valence-corrected chi connectivity index (χ3v) is 7.18. The van der Waals surface area contributed by atoms with Crippen molar-refractivity contribution in [3.8, 4) is 22.4 Å². The summed E-state index contributed by atoms with van der Waals surface area (Å²) in [5, 5.41) is 15.1. The second-order valence-corrected chi connectivity index (χ2v) is 9.30. The highest BCUT2D eigenvalue weighted by atomic mass is 15.2. The molecule has 6 rings (SSSR count). The molecule has 0 amide bonds. The van der Waals surface area contributed by atoms with Crippen LogP contribution in [-0.2, 0) is 5.54 Å². The molecule has 2 aromatic carbocycles. The first kappa shape index (κ1) is 21.5. The zero-order chi connectivity index (χ0) is 23.8. The molecule has 174 valence electrons. The minimum absolute atomic E-state index is 0.120. The number of aryl methyl sites for hydroxylation is 1. The van der Waals surface area contributed by atoms with E-state index in [4.69, 9.17) is 4.98 Å². The van der Waals surface area contributed by atoms with Gasteiger partial charge in [0.2, 0.25) is 0 Å². The van der Waals surface area contributed by atoms with Gasteiger partial charge in [-0.15, -0.1) is 0 Å². The minimum atomic E-state index is 0.120. The number of aromatic nitrogens is 4. The van der Waals surface area contributed by atoms with Crippen molar-refractivity contribution >= 4 is 22.5 Å². The maximum absolute atomic E-state index is 5.15. The lowest BCUT2D eigenvalue weighted by Gasteiger charge is -2.42. The number of anilines is 2. The quantitative estimate of drug-likeness (QED) is 0.276. The van der Waals surface area contributed by atoms with Gasteiger partial charge in [-0.05, 0) is 56.5 Å². The zero-order valence-electron chi connectivity index (χ0n) is 20.0. The van der Waals surface area contributed by atoms with Gasteiger partial charge in [-0.3, -0.25) is 5.10 Å². The standard InChI is InChI=1S/C29H28N6/c1-19-17-26(35-34-19)33-28-24-18-23(20-7-4-3-5-8-20)27(32-25(24)13-16-31-28)21-9-11-22(12-10-21)29(30-2)14-6-15-29/h3-5,7-13,16-18,30H,6,14-15H2,1-2H3,(H2,31,33,34,35). The van der Waals surface area contributed by atoms with E-state index in [-0.39, 0.29) is 5.54 Å². The van der Waals surface area contributed by atoms with E-state index in [1.54, 1.807) is 6.20 Å². The van der Waals surface area contributed by atoms with Gasteiger partial charge < -0.3 is 10.6 Å². The first-order valence-corrected chi connectivity index (χ1v) is 12.1.